The molecule has 1 fully saturated rings. The molecule has 30 heavy (non-hydrogen) atoms. The van der Waals surface area contributed by atoms with Gasteiger partial charge in [0.2, 0.25) is 6.10 Å². The van der Waals surface area contributed by atoms with Crippen LogP contribution in [-0.2, 0) is 16.1 Å². The van der Waals surface area contributed by atoms with E-state index in [-0.39, 0.29) is 11.7 Å². The first-order valence-corrected chi connectivity index (χ1v) is 10.1. The van der Waals surface area contributed by atoms with Crippen molar-refractivity contribution in [2.24, 2.45) is 11.1 Å². The highest BCUT2D eigenvalue weighted by Crippen LogP contribution is 2.22. The molecule has 1 aliphatic rings. The van der Waals surface area contributed by atoms with Crippen molar-refractivity contribution in [3.05, 3.63) is 65.7 Å². The van der Waals surface area contributed by atoms with Crippen LogP contribution >= 0.6 is 0 Å². The third-order valence-corrected chi connectivity index (χ3v) is 5.17. The van der Waals surface area contributed by atoms with Gasteiger partial charge in [-0.1, -0.05) is 35.5 Å². The summed E-state index contributed by atoms with van der Waals surface area (Å²) >= 11 is 0. The van der Waals surface area contributed by atoms with Crippen molar-refractivity contribution in [3.8, 4) is 5.75 Å². The summed E-state index contributed by atoms with van der Waals surface area (Å²) in [5.41, 5.74) is 1.99. The second-order valence-electron chi connectivity index (χ2n) is 7.39. The van der Waals surface area contributed by atoms with Crippen LogP contribution in [0.5, 0.6) is 5.75 Å². The minimum atomic E-state index is -2.86. The molecule has 0 saturated carbocycles. The van der Waals surface area contributed by atoms with E-state index in [9.17, 15) is 13.6 Å². The van der Waals surface area contributed by atoms with Gasteiger partial charge in [0.05, 0.1) is 6.21 Å². The number of alkyl halides is 2. The van der Waals surface area contributed by atoms with Crippen molar-refractivity contribution in [1.29, 1.82) is 0 Å². The average Bonchev–Trinajstić information content (AvgIpc) is 2.75. The molecular weight excluding hydrogens is 390 g/mol. The average molecular weight is 416 g/mol. The maximum Gasteiger partial charge on any atom is 0.387 e. The Morgan fingerprint density at radius 2 is 1.80 bits per heavy atom. The summed E-state index contributed by atoms with van der Waals surface area (Å²) in [5, 5.41) is 3.86. The quantitative estimate of drug-likeness (QED) is 0.470. The maximum absolute atomic E-state index is 12.6. The fourth-order valence-electron chi connectivity index (χ4n) is 3.53. The van der Waals surface area contributed by atoms with Crippen LogP contribution in [0, 0.1) is 5.92 Å². The molecule has 5 nitrogen and oxygen atoms in total. The van der Waals surface area contributed by atoms with Crippen LogP contribution in [-0.4, -0.2) is 42.8 Å². The summed E-state index contributed by atoms with van der Waals surface area (Å²) in [4.78, 5) is 19.7. The summed E-state index contributed by atoms with van der Waals surface area (Å²) < 4.78 is 28.6. The number of hydrogen-bond donors (Lipinski definition) is 0. The maximum atomic E-state index is 12.6. The Balaban J connectivity index is 1.42. The fraction of sp³-hybridized carbons (Fsp3) is 0.391. The Hall–Kier alpha value is -2.96. The highest BCUT2D eigenvalue weighted by Gasteiger charge is 2.27. The van der Waals surface area contributed by atoms with Crippen molar-refractivity contribution in [1.82, 2.24) is 4.90 Å². The van der Waals surface area contributed by atoms with Crippen molar-refractivity contribution < 1.29 is 23.1 Å². The third kappa shape index (κ3) is 6.54. The molecule has 3 rings (SSSR count). The summed E-state index contributed by atoms with van der Waals surface area (Å²) in [6.07, 6.45) is 3.74. The molecule has 0 spiro atoms. The Morgan fingerprint density at radius 1 is 1.13 bits per heavy atom. The van der Waals surface area contributed by atoms with Gasteiger partial charge in [0.1, 0.15) is 5.75 Å². The zero-order valence-electron chi connectivity index (χ0n) is 16.9. The molecule has 1 heterocycles. The molecule has 0 unspecified atom stereocenters. The first-order valence-electron chi connectivity index (χ1n) is 10.1. The molecule has 1 amide bonds. The number of amides is 1. The number of piperidine rings is 1. The first-order chi connectivity index (χ1) is 14.5. The van der Waals surface area contributed by atoms with Gasteiger partial charge in [-0.25, -0.2) is 0 Å². The second-order valence-corrected chi connectivity index (χ2v) is 7.39. The molecule has 1 aliphatic heterocycles. The predicted octanol–water partition coefficient (Wildman–Crippen LogP) is 4.51. The zero-order chi connectivity index (χ0) is 21.3. The van der Waals surface area contributed by atoms with Crippen molar-refractivity contribution in [2.75, 3.05) is 13.1 Å². The molecule has 160 valence electrons. The monoisotopic (exact) mass is 416 g/mol. The van der Waals surface area contributed by atoms with Crippen LogP contribution in [0.3, 0.4) is 0 Å². The minimum Gasteiger partial charge on any atom is -0.435 e. The van der Waals surface area contributed by atoms with Gasteiger partial charge >= 0.3 is 6.61 Å². The molecule has 7 heteroatoms. The van der Waals surface area contributed by atoms with Gasteiger partial charge in [-0.2, -0.15) is 8.78 Å². The number of ether oxygens (including phenoxy) is 1. The SMILES string of the molecule is C[C@@H](O/N=C\c1ccc(OC(F)F)cc1)C(=O)N1CCC(Cc2ccccc2)CC1. The van der Waals surface area contributed by atoms with E-state index < -0.39 is 12.7 Å². The number of carbonyl (C=O) groups excluding carboxylic acids is 1. The van der Waals surface area contributed by atoms with Crippen molar-refractivity contribution in [3.63, 3.8) is 0 Å². The number of likely N-dealkylation sites (tertiary alicyclic amines) is 1. The van der Waals surface area contributed by atoms with Crippen LogP contribution in [0.15, 0.2) is 59.8 Å². The van der Waals surface area contributed by atoms with Gasteiger partial charge in [-0.3, -0.25) is 4.79 Å². The van der Waals surface area contributed by atoms with Crippen molar-refractivity contribution in [2.45, 2.75) is 38.9 Å². The fourth-order valence-corrected chi connectivity index (χ4v) is 3.53. The van der Waals surface area contributed by atoms with Gasteiger partial charge in [0.25, 0.3) is 5.91 Å². The first kappa shape index (κ1) is 21.7. The lowest BCUT2D eigenvalue weighted by Crippen LogP contribution is -2.43. The van der Waals surface area contributed by atoms with Crippen LogP contribution in [0.25, 0.3) is 0 Å². The molecule has 2 aromatic rings. The number of oxime groups is 1. The number of carbonyl (C=O) groups is 1. The van der Waals surface area contributed by atoms with Crippen LogP contribution in [0.1, 0.15) is 30.9 Å². The molecule has 0 radical (unpaired) electrons. The van der Waals surface area contributed by atoms with E-state index in [4.69, 9.17) is 4.84 Å². The van der Waals surface area contributed by atoms with Gasteiger partial charge in [-0.15, -0.1) is 0 Å². The van der Waals surface area contributed by atoms with E-state index in [2.05, 4.69) is 34.2 Å². The molecule has 0 bridgehead atoms. The standard InChI is InChI=1S/C23H26F2N2O3/c1-17(30-26-16-20-7-9-21(10-8-20)29-23(24)25)22(28)27-13-11-19(12-14-27)15-18-5-3-2-4-6-18/h2-10,16-17,19,23H,11-15H2,1H3/b26-16-/t17-/m1/s1. The summed E-state index contributed by atoms with van der Waals surface area (Å²) in [5.74, 6) is 0.580. The number of hydrogen-bond acceptors (Lipinski definition) is 4. The Morgan fingerprint density at radius 3 is 2.43 bits per heavy atom. The van der Waals surface area contributed by atoms with E-state index in [1.807, 2.05) is 11.0 Å². The third-order valence-electron chi connectivity index (χ3n) is 5.17. The molecular formula is C23H26F2N2O3. The lowest BCUT2D eigenvalue weighted by molar-refractivity contribution is -0.144. The molecule has 0 aromatic heterocycles. The highest BCUT2D eigenvalue weighted by atomic mass is 19.3. The summed E-state index contributed by atoms with van der Waals surface area (Å²) in [7, 11) is 0. The smallest absolute Gasteiger partial charge is 0.387 e. The number of halogens is 2. The molecule has 0 N–H and O–H groups in total. The Kier molecular flexibility index (Phi) is 7.76. The molecule has 1 saturated heterocycles. The van der Waals surface area contributed by atoms with E-state index >= 15 is 0 Å². The van der Waals surface area contributed by atoms with E-state index in [0.717, 1.165) is 32.4 Å². The Labute approximate surface area is 175 Å². The topological polar surface area (TPSA) is 51.1 Å². The molecule has 1 atom stereocenters. The van der Waals surface area contributed by atoms with Gasteiger partial charge in [0, 0.05) is 13.1 Å². The summed E-state index contributed by atoms with van der Waals surface area (Å²) in [6, 6.07) is 16.4. The molecule has 0 aliphatic carbocycles. The van der Waals surface area contributed by atoms with E-state index in [1.54, 1.807) is 19.1 Å². The van der Waals surface area contributed by atoms with Gasteiger partial charge in [-0.05, 0) is 67.5 Å². The second kappa shape index (κ2) is 10.7. The predicted molar refractivity (Wildman–Crippen MR) is 111 cm³/mol. The molecule has 2 aromatic carbocycles. The normalized spacial score (nSPS) is 16.1. The number of nitrogens with zero attached hydrogens (tertiary/aromatic N) is 2. The van der Waals surface area contributed by atoms with E-state index in [0.29, 0.717) is 11.5 Å². The number of rotatable bonds is 8. The van der Waals surface area contributed by atoms with E-state index in [1.165, 1.54) is 23.9 Å². The van der Waals surface area contributed by atoms with Crippen molar-refractivity contribution >= 4 is 12.1 Å². The Bertz CT molecular complexity index is 820. The largest absolute Gasteiger partial charge is 0.435 e. The van der Waals surface area contributed by atoms with Crippen LogP contribution < -0.4 is 4.74 Å². The minimum absolute atomic E-state index is 0.0716. The zero-order valence-corrected chi connectivity index (χ0v) is 16.9. The number of benzene rings is 2. The lowest BCUT2D eigenvalue weighted by Gasteiger charge is -2.33. The summed E-state index contributed by atoms with van der Waals surface area (Å²) in [6.45, 7) is 0.261. The van der Waals surface area contributed by atoms with Gasteiger partial charge < -0.3 is 14.5 Å². The van der Waals surface area contributed by atoms with Gasteiger partial charge in [0.15, 0.2) is 0 Å². The van der Waals surface area contributed by atoms with Crippen LogP contribution in [0.4, 0.5) is 8.78 Å². The highest BCUT2D eigenvalue weighted by molar-refractivity contribution is 5.81. The van der Waals surface area contributed by atoms with Crippen LogP contribution in [0.2, 0.25) is 0 Å². The lowest BCUT2D eigenvalue weighted by atomic mass is 9.90.